The topological polar surface area (TPSA) is 82.5 Å². The van der Waals surface area contributed by atoms with Gasteiger partial charge in [-0.15, -0.1) is 0 Å². The molecule has 0 bridgehead atoms. The third-order valence-electron chi connectivity index (χ3n) is 5.16. The molecule has 4 aromatic rings. The van der Waals surface area contributed by atoms with Gasteiger partial charge in [-0.1, -0.05) is 36.0 Å². The smallest absolute Gasteiger partial charge is 0.266 e. The standard InChI is InChI=1S/C26H25N3O4S/c1-4-33-19-15-13-18(14-16-19)27-24(30)17(2)34-26-28-21-10-6-5-9-20(21)25(31)29(26)22-11-7-8-12-23(22)32-3/h5-17H,4H2,1-3H3,(H,27,30)/t17-/m1/s1. The molecule has 8 heteroatoms. The molecule has 1 amide bonds. The van der Waals surface area contributed by atoms with Crippen LogP contribution in [0, 0.1) is 0 Å². The van der Waals surface area contributed by atoms with Crippen molar-refractivity contribution in [3.05, 3.63) is 83.2 Å². The molecular formula is C26H25N3O4S. The summed E-state index contributed by atoms with van der Waals surface area (Å²) in [6.07, 6.45) is 0. The van der Waals surface area contributed by atoms with Crippen molar-refractivity contribution in [2.45, 2.75) is 24.3 Å². The number of benzene rings is 3. The summed E-state index contributed by atoms with van der Waals surface area (Å²) < 4.78 is 12.4. The predicted molar refractivity (Wildman–Crippen MR) is 135 cm³/mol. The minimum absolute atomic E-state index is 0.205. The Labute approximate surface area is 201 Å². The lowest BCUT2D eigenvalue weighted by molar-refractivity contribution is -0.115. The van der Waals surface area contributed by atoms with E-state index < -0.39 is 5.25 Å². The molecule has 7 nitrogen and oxygen atoms in total. The maximum absolute atomic E-state index is 13.5. The Morgan fingerprint density at radius 2 is 1.76 bits per heavy atom. The highest BCUT2D eigenvalue weighted by Crippen LogP contribution is 2.29. The molecule has 0 unspecified atom stereocenters. The molecular weight excluding hydrogens is 450 g/mol. The quantitative estimate of drug-likeness (QED) is 0.288. The number of carbonyl (C=O) groups is 1. The second-order valence-corrected chi connectivity index (χ2v) is 8.74. The lowest BCUT2D eigenvalue weighted by atomic mass is 10.2. The number of thioether (sulfide) groups is 1. The molecule has 4 rings (SSSR count). The van der Waals surface area contributed by atoms with E-state index in [0.717, 1.165) is 5.75 Å². The van der Waals surface area contributed by atoms with Crippen LogP contribution in [0.25, 0.3) is 16.6 Å². The number of anilines is 1. The van der Waals surface area contributed by atoms with Gasteiger partial charge < -0.3 is 14.8 Å². The van der Waals surface area contributed by atoms with Crippen molar-refractivity contribution in [3.8, 4) is 17.2 Å². The summed E-state index contributed by atoms with van der Waals surface area (Å²) in [6.45, 7) is 4.27. The average molecular weight is 476 g/mol. The van der Waals surface area contributed by atoms with Gasteiger partial charge in [0, 0.05) is 5.69 Å². The van der Waals surface area contributed by atoms with Gasteiger partial charge in [-0.25, -0.2) is 4.98 Å². The molecule has 174 valence electrons. The van der Waals surface area contributed by atoms with Crippen molar-refractivity contribution < 1.29 is 14.3 Å². The molecule has 1 heterocycles. The third kappa shape index (κ3) is 4.92. The normalized spacial score (nSPS) is 11.7. The SMILES string of the molecule is CCOc1ccc(NC(=O)[C@@H](C)Sc2nc3ccccc3c(=O)n2-c2ccccc2OC)cc1. The highest BCUT2D eigenvalue weighted by atomic mass is 32.2. The summed E-state index contributed by atoms with van der Waals surface area (Å²) in [7, 11) is 1.55. The van der Waals surface area contributed by atoms with Crippen LogP contribution in [-0.2, 0) is 4.79 Å². The zero-order chi connectivity index (χ0) is 24.1. The van der Waals surface area contributed by atoms with Gasteiger partial charge in [0.15, 0.2) is 5.16 Å². The van der Waals surface area contributed by atoms with Crippen LogP contribution in [0.15, 0.2) is 82.7 Å². The van der Waals surface area contributed by atoms with E-state index in [1.54, 1.807) is 68.6 Å². The van der Waals surface area contributed by atoms with Gasteiger partial charge >= 0.3 is 0 Å². The van der Waals surface area contributed by atoms with Crippen LogP contribution in [0.4, 0.5) is 5.69 Å². The highest BCUT2D eigenvalue weighted by Gasteiger charge is 2.22. The minimum atomic E-state index is -0.527. The van der Waals surface area contributed by atoms with Gasteiger partial charge in [0.25, 0.3) is 5.56 Å². The molecule has 0 aliphatic carbocycles. The summed E-state index contributed by atoms with van der Waals surface area (Å²) >= 11 is 1.21. The summed E-state index contributed by atoms with van der Waals surface area (Å²) in [5, 5.41) is 3.28. The first kappa shape index (κ1) is 23.4. The third-order valence-corrected chi connectivity index (χ3v) is 6.21. The Morgan fingerprint density at radius 3 is 2.50 bits per heavy atom. The van der Waals surface area contributed by atoms with Gasteiger partial charge in [-0.05, 0) is 62.4 Å². The first-order chi connectivity index (χ1) is 16.5. The molecule has 0 spiro atoms. The Kier molecular flexibility index (Phi) is 7.18. The fourth-order valence-electron chi connectivity index (χ4n) is 3.48. The number of aromatic nitrogens is 2. The van der Waals surface area contributed by atoms with Crippen LogP contribution in [0.3, 0.4) is 0 Å². The fourth-order valence-corrected chi connectivity index (χ4v) is 4.39. The first-order valence-electron chi connectivity index (χ1n) is 10.9. The maximum Gasteiger partial charge on any atom is 0.266 e. The van der Waals surface area contributed by atoms with E-state index in [-0.39, 0.29) is 11.5 Å². The summed E-state index contributed by atoms with van der Waals surface area (Å²) in [4.78, 5) is 31.2. The molecule has 1 aromatic heterocycles. The number of fused-ring (bicyclic) bond motifs is 1. The number of nitrogens with zero attached hydrogens (tertiary/aromatic N) is 2. The molecule has 0 fully saturated rings. The van der Waals surface area contributed by atoms with Crippen molar-refractivity contribution in [1.29, 1.82) is 0 Å². The van der Waals surface area contributed by atoms with Crippen LogP contribution in [-0.4, -0.2) is 34.4 Å². The van der Waals surface area contributed by atoms with E-state index in [9.17, 15) is 9.59 Å². The van der Waals surface area contributed by atoms with Gasteiger partial charge in [-0.3, -0.25) is 14.2 Å². The molecule has 1 atom stereocenters. The number of amides is 1. The van der Waals surface area contributed by atoms with E-state index in [2.05, 4.69) is 5.32 Å². The molecule has 0 radical (unpaired) electrons. The molecule has 0 saturated carbocycles. The minimum Gasteiger partial charge on any atom is -0.495 e. The van der Waals surface area contributed by atoms with E-state index in [0.29, 0.717) is 39.8 Å². The number of hydrogen-bond acceptors (Lipinski definition) is 6. The highest BCUT2D eigenvalue weighted by molar-refractivity contribution is 8.00. The molecule has 0 aliphatic heterocycles. The predicted octanol–water partition coefficient (Wildman–Crippen LogP) is 4.91. The van der Waals surface area contributed by atoms with E-state index >= 15 is 0 Å². The Morgan fingerprint density at radius 1 is 1.06 bits per heavy atom. The molecule has 1 N–H and O–H groups in total. The molecule has 0 aliphatic rings. The summed E-state index contributed by atoms with van der Waals surface area (Å²) in [6, 6.07) is 21.6. The second-order valence-electron chi connectivity index (χ2n) is 7.43. The molecule has 0 saturated heterocycles. The monoisotopic (exact) mass is 475 g/mol. The number of carbonyl (C=O) groups excluding carboxylic acids is 1. The Bertz CT molecular complexity index is 1370. The molecule has 34 heavy (non-hydrogen) atoms. The van der Waals surface area contributed by atoms with Crippen LogP contribution in [0.5, 0.6) is 11.5 Å². The number of nitrogens with one attached hydrogen (secondary N) is 1. The van der Waals surface area contributed by atoms with Gasteiger partial charge in [0.05, 0.1) is 35.6 Å². The number of rotatable bonds is 8. The Balaban J connectivity index is 1.68. The summed E-state index contributed by atoms with van der Waals surface area (Å²) in [5.74, 6) is 1.07. The molecule has 3 aromatic carbocycles. The second kappa shape index (κ2) is 10.4. The summed E-state index contributed by atoms with van der Waals surface area (Å²) in [5.41, 5.74) is 1.57. The van der Waals surface area contributed by atoms with Crippen LogP contribution < -0.4 is 20.3 Å². The van der Waals surface area contributed by atoms with Gasteiger partial charge in [-0.2, -0.15) is 0 Å². The number of methoxy groups -OCH3 is 1. The first-order valence-corrected chi connectivity index (χ1v) is 11.8. The van der Waals surface area contributed by atoms with Crippen LogP contribution in [0.1, 0.15) is 13.8 Å². The number of hydrogen-bond donors (Lipinski definition) is 1. The average Bonchev–Trinajstić information content (AvgIpc) is 2.85. The number of ether oxygens (including phenoxy) is 2. The maximum atomic E-state index is 13.5. The van der Waals surface area contributed by atoms with E-state index in [4.69, 9.17) is 14.5 Å². The van der Waals surface area contributed by atoms with Crippen molar-refractivity contribution >= 4 is 34.3 Å². The van der Waals surface area contributed by atoms with E-state index in [1.807, 2.05) is 25.1 Å². The fraction of sp³-hybridized carbons (Fsp3) is 0.192. The van der Waals surface area contributed by atoms with Crippen molar-refractivity contribution in [2.24, 2.45) is 0 Å². The lowest BCUT2D eigenvalue weighted by Gasteiger charge is -2.18. The number of para-hydroxylation sites is 3. The van der Waals surface area contributed by atoms with Crippen molar-refractivity contribution in [3.63, 3.8) is 0 Å². The van der Waals surface area contributed by atoms with Crippen molar-refractivity contribution in [1.82, 2.24) is 9.55 Å². The van der Waals surface area contributed by atoms with Crippen molar-refractivity contribution in [2.75, 3.05) is 19.0 Å². The van der Waals surface area contributed by atoms with Crippen LogP contribution >= 0.6 is 11.8 Å². The largest absolute Gasteiger partial charge is 0.495 e. The zero-order valence-corrected chi connectivity index (χ0v) is 20.0. The Hall–Kier alpha value is -3.78. The lowest BCUT2D eigenvalue weighted by Crippen LogP contribution is -2.26. The van der Waals surface area contributed by atoms with E-state index in [1.165, 1.54) is 16.3 Å². The van der Waals surface area contributed by atoms with Gasteiger partial charge in [0.1, 0.15) is 11.5 Å². The van der Waals surface area contributed by atoms with Gasteiger partial charge in [0.2, 0.25) is 5.91 Å². The zero-order valence-electron chi connectivity index (χ0n) is 19.1. The van der Waals surface area contributed by atoms with Crippen LogP contribution in [0.2, 0.25) is 0 Å².